The Morgan fingerprint density at radius 3 is 2.95 bits per heavy atom. The minimum absolute atomic E-state index is 0.178. The highest BCUT2D eigenvalue weighted by molar-refractivity contribution is 7.14. The second kappa shape index (κ2) is 5.77. The largest absolute Gasteiger partial charge is 0.481 e. The summed E-state index contributed by atoms with van der Waals surface area (Å²) < 4.78 is 0. The average Bonchev–Trinajstić information content (AvgIpc) is 2.76. The Kier molecular flexibility index (Phi) is 4.08. The van der Waals surface area contributed by atoms with E-state index in [1.165, 1.54) is 18.5 Å². The number of carbonyl (C=O) groups is 2. The summed E-state index contributed by atoms with van der Waals surface area (Å²) in [7, 11) is 0. The summed E-state index contributed by atoms with van der Waals surface area (Å²) in [5.41, 5.74) is 0.681. The van der Waals surface area contributed by atoms with Gasteiger partial charge in [0.05, 0.1) is 22.7 Å². The summed E-state index contributed by atoms with van der Waals surface area (Å²) in [4.78, 5) is 30.2. The first-order chi connectivity index (χ1) is 9.06. The van der Waals surface area contributed by atoms with Crippen molar-refractivity contribution in [2.45, 2.75) is 6.42 Å². The molecule has 0 aliphatic rings. The van der Waals surface area contributed by atoms with Crippen molar-refractivity contribution in [3.05, 3.63) is 40.1 Å². The van der Waals surface area contributed by atoms with Gasteiger partial charge in [0.1, 0.15) is 0 Å². The molecule has 0 aromatic carbocycles. The minimum atomic E-state index is -0.972. The monoisotopic (exact) mass is 297 g/mol. The van der Waals surface area contributed by atoms with Crippen LogP contribution in [0.15, 0.2) is 23.8 Å². The smallest absolute Gasteiger partial charge is 0.309 e. The highest BCUT2D eigenvalue weighted by Gasteiger charge is 2.13. The predicted octanol–water partition coefficient (Wildman–Crippen LogP) is 2.07. The number of nitrogens with one attached hydrogen (secondary N) is 1. The maximum atomic E-state index is 11.9. The van der Waals surface area contributed by atoms with Gasteiger partial charge in [-0.1, -0.05) is 11.6 Å². The molecule has 0 fully saturated rings. The highest BCUT2D eigenvalue weighted by Crippen LogP contribution is 2.19. The van der Waals surface area contributed by atoms with Gasteiger partial charge < -0.3 is 5.11 Å². The van der Waals surface area contributed by atoms with Crippen LogP contribution in [-0.2, 0) is 11.2 Å². The Hall–Kier alpha value is -1.99. The Bertz CT molecular complexity index is 629. The molecular weight excluding hydrogens is 290 g/mol. The lowest BCUT2D eigenvalue weighted by atomic mass is 10.2. The molecule has 6 nitrogen and oxygen atoms in total. The second-order valence-corrected chi connectivity index (χ2v) is 4.79. The number of carboxylic acid groups (broad SMARTS) is 1. The summed E-state index contributed by atoms with van der Waals surface area (Å²) in [6.07, 6.45) is 2.65. The fourth-order valence-corrected chi connectivity index (χ4v) is 2.23. The molecule has 2 heterocycles. The Balaban J connectivity index is 2.09. The fourth-order valence-electron chi connectivity index (χ4n) is 1.32. The lowest BCUT2D eigenvalue weighted by Crippen LogP contribution is -2.12. The lowest BCUT2D eigenvalue weighted by molar-refractivity contribution is -0.136. The molecule has 98 valence electrons. The SMILES string of the molecule is O=C(O)Cc1csc(NC(=O)c2ccncc2Cl)n1. The van der Waals surface area contributed by atoms with Crippen LogP contribution < -0.4 is 5.32 Å². The number of anilines is 1. The maximum Gasteiger partial charge on any atom is 0.309 e. The van der Waals surface area contributed by atoms with Crippen LogP contribution >= 0.6 is 22.9 Å². The Morgan fingerprint density at radius 2 is 2.26 bits per heavy atom. The summed E-state index contributed by atoms with van der Waals surface area (Å²) >= 11 is 7.00. The molecule has 1 amide bonds. The zero-order valence-corrected chi connectivity index (χ0v) is 11.0. The first-order valence-corrected chi connectivity index (χ1v) is 6.39. The summed E-state index contributed by atoms with van der Waals surface area (Å²) in [5.74, 6) is -1.39. The molecule has 0 atom stereocenters. The molecule has 0 bridgehead atoms. The van der Waals surface area contributed by atoms with Gasteiger partial charge in [0.15, 0.2) is 5.13 Å². The molecule has 0 saturated heterocycles. The van der Waals surface area contributed by atoms with Gasteiger partial charge in [-0.2, -0.15) is 0 Å². The molecule has 0 aliphatic heterocycles. The van der Waals surface area contributed by atoms with E-state index < -0.39 is 11.9 Å². The standard InChI is InChI=1S/C11H8ClN3O3S/c12-8-4-13-2-1-7(8)10(18)15-11-14-6(5-19-11)3-9(16)17/h1-2,4-5H,3H2,(H,16,17)(H,14,15,18). The first kappa shape index (κ1) is 13.4. The number of aromatic nitrogens is 2. The van der Waals surface area contributed by atoms with Crippen molar-refractivity contribution in [1.29, 1.82) is 0 Å². The Labute approximate surface area is 117 Å². The minimum Gasteiger partial charge on any atom is -0.481 e. The Morgan fingerprint density at radius 1 is 1.47 bits per heavy atom. The van der Waals surface area contributed by atoms with Crippen molar-refractivity contribution in [3.8, 4) is 0 Å². The normalized spacial score (nSPS) is 10.2. The molecule has 0 saturated carbocycles. The number of nitrogens with zero attached hydrogens (tertiary/aromatic N) is 2. The van der Waals surface area contributed by atoms with Crippen molar-refractivity contribution in [3.63, 3.8) is 0 Å². The van der Waals surface area contributed by atoms with E-state index in [2.05, 4.69) is 15.3 Å². The van der Waals surface area contributed by atoms with Crippen LogP contribution in [-0.4, -0.2) is 27.0 Å². The van der Waals surface area contributed by atoms with Crippen molar-refractivity contribution in [2.75, 3.05) is 5.32 Å². The lowest BCUT2D eigenvalue weighted by Gasteiger charge is -2.02. The van der Waals surface area contributed by atoms with Gasteiger partial charge in [-0.05, 0) is 6.07 Å². The number of aliphatic carboxylic acids is 1. The van der Waals surface area contributed by atoms with Crippen LogP contribution in [0.3, 0.4) is 0 Å². The average molecular weight is 298 g/mol. The van der Waals surface area contributed by atoms with E-state index >= 15 is 0 Å². The zero-order chi connectivity index (χ0) is 13.8. The molecule has 2 aromatic heterocycles. The van der Waals surface area contributed by atoms with E-state index in [0.29, 0.717) is 10.8 Å². The third kappa shape index (κ3) is 3.49. The quantitative estimate of drug-likeness (QED) is 0.901. The molecule has 0 unspecified atom stereocenters. The number of halogens is 1. The van der Waals surface area contributed by atoms with Crippen molar-refractivity contribution >= 4 is 39.9 Å². The molecule has 2 aromatic rings. The van der Waals surface area contributed by atoms with Crippen LogP contribution in [0.25, 0.3) is 0 Å². The summed E-state index contributed by atoms with van der Waals surface area (Å²) in [6, 6.07) is 1.49. The number of hydrogen-bond acceptors (Lipinski definition) is 5. The molecule has 0 aliphatic carbocycles. The number of amides is 1. The fraction of sp³-hybridized carbons (Fsp3) is 0.0909. The number of hydrogen-bond donors (Lipinski definition) is 2. The van der Waals surface area contributed by atoms with Gasteiger partial charge in [0, 0.05) is 17.8 Å². The predicted molar refractivity (Wildman–Crippen MR) is 70.7 cm³/mol. The molecule has 2 N–H and O–H groups in total. The van der Waals surface area contributed by atoms with Crippen molar-refractivity contribution in [1.82, 2.24) is 9.97 Å². The number of rotatable bonds is 4. The number of pyridine rings is 1. The number of carboxylic acids is 1. The van der Waals surface area contributed by atoms with Gasteiger partial charge in [-0.15, -0.1) is 11.3 Å². The molecule has 0 radical (unpaired) electrons. The van der Waals surface area contributed by atoms with E-state index in [9.17, 15) is 9.59 Å². The molecular formula is C11H8ClN3O3S. The van der Waals surface area contributed by atoms with E-state index in [-0.39, 0.29) is 17.0 Å². The summed E-state index contributed by atoms with van der Waals surface area (Å²) in [6.45, 7) is 0. The van der Waals surface area contributed by atoms with Gasteiger partial charge in [0.25, 0.3) is 5.91 Å². The van der Waals surface area contributed by atoms with Crippen LogP contribution in [0.4, 0.5) is 5.13 Å². The van der Waals surface area contributed by atoms with Crippen molar-refractivity contribution < 1.29 is 14.7 Å². The van der Waals surface area contributed by atoms with E-state index in [0.717, 1.165) is 11.3 Å². The second-order valence-electron chi connectivity index (χ2n) is 3.52. The highest BCUT2D eigenvalue weighted by atomic mass is 35.5. The number of thiazole rings is 1. The third-order valence-corrected chi connectivity index (χ3v) is 3.23. The van der Waals surface area contributed by atoms with Gasteiger partial charge in [0.2, 0.25) is 0 Å². The molecule has 19 heavy (non-hydrogen) atoms. The third-order valence-electron chi connectivity index (χ3n) is 2.12. The topological polar surface area (TPSA) is 92.2 Å². The van der Waals surface area contributed by atoms with E-state index in [4.69, 9.17) is 16.7 Å². The molecule has 8 heteroatoms. The van der Waals surface area contributed by atoms with Gasteiger partial charge in [-0.3, -0.25) is 19.9 Å². The van der Waals surface area contributed by atoms with Crippen LogP contribution in [0, 0.1) is 0 Å². The van der Waals surface area contributed by atoms with E-state index in [1.807, 2.05) is 0 Å². The van der Waals surface area contributed by atoms with Crippen LogP contribution in [0.1, 0.15) is 16.1 Å². The zero-order valence-electron chi connectivity index (χ0n) is 9.46. The van der Waals surface area contributed by atoms with Crippen molar-refractivity contribution in [2.24, 2.45) is 0 Å². The molecule has 0 spiro atoms. The first-order valence-electron chi connectivity index (χ1n) is 5.13. The van der Waals surface area contributed by atoms with E-state index in [1.54, 1.807) is 5.38 Å². The van der Waals surface area contributed by atoms with Gasteiger partial charge in [-0.25, -0.2) is 4.98 Å². The maximum absolute atomic E-state index is 11.9. The van der Waals surface area contributed by atoms with Crippen LogP contribution in [0.2, 0.25) is 5.02 Å². The molecule has 2 rings (SSSR count). The van der Waals surface area contributed by atoms with Crippen LogP contribution in [0.5, 0.6) is 0 Å². The summed E-state index contributed by atoms with van der Waals surface area (Å²) in [5, 5.41) is 13.3. The van der Waals surface area contributed by atoms with Gasteiger partial charge >= 0.3 is 5.97 Å². The number of carbonyl (C=O) groups excluding carboxylic acids is 1.